The summed E-state index contributed by atoms with van der Waals surface area (Å²) in [5.41, 5.74) is 3.62. The van der Waals surface area contributed by atoms with Crippen LogP contribution in [-0.4, -0.2) is 29.9 Å². The molecule has 1 saturated heterocycles. The highest BCUT2D eigenvalue weighted by Crippen LogP contribution is 2.54. The van der Waals surface area contributed by atoms with E-state index in [1.807, 2.05) is 31.2 Å². The number of aromatic nitrogens is 1. The van der Waals surface area contributed by atoms with Crippen molar-refractivity contribution in [1.82, 2.24) is 4.98 Å². The molecule has 0 unspecified atom stereocenters. The molecule has 164 valence electrons. The fourth-order valence-corrected chi connectivity index (χ4v) is 5.23. The lowest BCUT2D eigenvalue weighted by atomic mass is 9.79. The smallest absolute Gasteiger partial charge is 0.258 e. The lowest BCUT2D eigenvalue weighted by Gasteiger charge is -2.35. The molecule has 0 bridgehead atoms. The van der Waals surface area contributed by atoms with Gasteiger partial charge in [-0.2, -0.15) is 0 Å². The Morgan fingerprint density at radius 1 is 1.13 bits per heavy atom. The molecule has 0 radical (unpaired) electrons. The molecular formula is C24H26BrF2N3O. The second-order valence-corrected chi connectivity index (χ2v) is 10.4. The Morgan fingerprint density at radius 3 is 2.48 bits per heavy atom. The van der Waals surface area contributed by atoms with Gasteiger partial charge >= 0.3 is 0 Å². The number of nitrogens with one attached hydrogen (secondary N) is 1. The van der Waals surface area contributed by atoms with E-state index in [1.165, 1.54) is 25.7 Å². The van der Waals surface area contributed by atoms with E-state index in [4.69, 9.17) is 0 Å². The number of amides is 1. The first-order chi connectivity index (χ1) is 14.7. The van der Waals surface area contributed by atoms with Crippen LogP contribution in [0.5, 0.6) is 0 Å². The Labute approximate surface area is 189 Å². The number of aryl methyl sites for hydroxylation is 1. The van der Waals surface area contributed by atoms with E-state index in [9.17, 15) is 13.6 Å². The number of rotatable bonds is 4. The van der Waals surface area contributed by atoms with E-state index >= 15 is 0 Å². The molecule has 2 aromatic rings. The summed E-state index contributed by atoms with van der Waals surface area (Å²) >= 11 is 3.54. The van der Waals surface area contributed by atoms with Crippen LogP contribution in [0.25, 0.3) is 0 Å². The van der Waals surface area contributed by atoms with Crippen LogP contribution in [0.2, 0.25) is 0 Å². The first-order valence-electron chi connectivity index (χ1n) is 10.9. The SMILES string of the molecule is Cc1cc(NC(=O)c2ccc(Br)cc2N2CCC3(CC2)CC3)nc(C2CC(F)(F)C2)c1. The second-order valence-electron chi connectivity index (χ2n) is 9.52. The van der Waals surface area contributed by atoms with Crippen LogP contribution in [0.3, 0.4) is 0 Å². The van der Waals surface area contributed by atoms with Crippen molar-refractivity contribution in [3.8, 4) is 0 Å². The Balaban J connectivity index is 1.35. The molecule has 1 amide bonds. The topological polar surface area (TPSA) is 45.2 Å². The maximum Gasteiger partial charge on any atom is 0.258 e. The number of nitrogens with zero attached hydrogens (tertiary/aromatic N) is 2. The number of carbonyl (C=O) groups excluding carboxylic acids is 1. The van der Waals surface area contributed by atoms with Crippen molar-refractivity contribution in [3.05, 3.63) is 51.6 Å². The van der Waals surface area contributed by atoms with Crippen molar-refractivity contribution in [1.29, 1.82) is 0 Å². The summed E-state index contributed by atoms with van der Waals surface area (Å²) in [4.78, 5) is 20.0. The van der Waals surface area contributed by atoms with Gasteiger partial charge in [-0.25, -0.2) is 13.8 Å². The highest BCUT2D eigenvalue weighted by atomic mass is 79.9. The van der Waals surface area contributed by atoms with Gasteiger partial charge in [-0.3, -0.25) is 4.79 Å². The maximum absolute atomic E-state index is 13.3. The fourth-order valence-electron chi connectivity index (χ4n) is 4.88. The second kappa shape index (κ2) is 7.54. The van der Waals surface area contributed by atoms with Gasteiger partial charge in [-0.05, 0) is 73.9 Å². The number of anilines is 2. The summed E-state index contributed by atoms with van der Waals surface area (Å²) in [6.07, 6.45) is 4.67. The molecule has 2 heterocycles. The normalized spacial score (nSPS) is 21.6. The van der Waals surface area contributed by atoms with Gasteiger partial charge in [-0.1, -0.05) is 15.9 Å². The molecule has 3 fully saturated rings. The first-order valence-corrected chi connectivity index (χ1v) is 11.7. The largest absolute Gasteiger partial charge is 0.371 e. The highest BCUT2D eigenvalue weighted by molar-refractivity contribution is 9.10. The van der Waals surface area contributed by atoms with Crippen molar-refractivity contribution in [2.45, 2.75) is 57.3 Å². The fraction of sp³-hybridized carbons (Fsp3) is 0.500. The number of piperidine rings is 1. The lowest BCUT2D eigenvalue weighted by Crippen LogP contribution is -2.35. The number of pyridine rings is 1. The summed E-state index contributed by atoms with van der Waals surface area (Å²) in [6.45, 7) is 3.81. The standard InChI is InChI=1S/C24H26BrF2N3O/c1-15-10-19(16-13-24(26,27)14-16)28-21(11-15)29-22(31)18-3-2-17(25)12-20(18)30-8-6-23(4-5-23)7-9-30/h2-3,10-12,16H,4-9,13-14H2,1H3,(H,28,29,31). The first kappa shape index (κ1) is 20.9. The molecule has 1 aliphatic heterocycles. The summed E-state index contributed by atoms with van der Waals surface area (Å²) in [5, 5.41) is 2.91. The van der Waals surface area contributed by atoms with Gasteiger partial charge in [-0.15, -0.1) is 0 Å². The quantitative estimate of drug-likeness (QED) is 0.548. The summed E-state index contributed by atoms with van der Waals surface area (Å²) in [5.74, 6) is -2.66. The van der Waals surface area contributed by atoms with E-state index in [1.54, 1.807) is 6.07 Å². The number of hydrogen-bond acceptors (Lipinski definition) is 3. The maximum atomic E-state index is 13.3. The minimum atomic E-state index is -2.60. The average Bonchev–Trinajstić information content (AvgIpc) is 3.45. The number of alkyl halides is 2. The molecule has 2 saturated carbocycles. The third-order valence-electron chi connectivity index (χ3n) is 7.07. The van der Waals surface area contributed by atoms with E-state index in [-0.39, 0.29) is 24.7 Å². The zero-order valence-electron chi connectivity index (χ0n) is 17.6. The molecule has 4 nitrogen and oxygen atoms in total. The minimum Gasteiger partial charge on any atom is -0.371 e. The molecule has 1 spiro atoms. The lowest BCUT2D eigenvalue weighted by molar-refractivity contribution is -0.0876. The Kier molecular flexibility index (Phi) is 5.07. The molecule has 5 rings (SSSR count). The third kappa shape index (κ3) is 4.34. The predicted molar refractivity (Wildman–Crippen MR) is 121 cm³/mol. The van der Waals surface area contributed by atoms with Crippen LogP contribution in [0, 0.1) is 12.3 Å². The Morgan fingerprint density at radius 2 is 1.84 bits per heavy atom. The van der Waals surface area contributed by atoms with Crippen molar-refractivity contribution in [2.24, 2.45) is 5.41 Å². The molecule has 7 heteroatoms. The third-order valence-corrected chi connectivity index (χ3v) is 7.56. The van der Waals surface area contributed by atoms with Gasteiger partial charge in [0.25, 0.3) is 5.91 Å². The van der Waals surface area contributed by atoms with Crippen LogP contribution >= 0.6 is 15.9 Å². The molecule has 31 heavy (non-hydrogen) atoms. The number of hydrogen-bond donors (Lipinski definition) is 1. The summed E-state index contributed by atoms with van der Waals surface area (Å²) in [6, 6.07) is 9.33. The zero-order chi connectivity index (χ0) is 21.8. The monoisotopic (exact) mass is 489 g/mol. The van der Waals surface area contributed by atoms with E-state index in [0.29, 0.717) is 22.5 Å². The van der Waals surface area contributed by atoms with Gasteiger partial charge in [0.2, 0.25) is 5.92 Å². The minimum absolute atomic E-state index is 0.176. The van der Waals surface area contributed by atoms with Gasteiger partial charge < -0.3 is 10.2 Å². The highest BCUT2D eigenvalue weighted by Gasteiger charge is 2.47. The van der Waals surface area contributed by atoms with Crippen molar-refractivity contribution < 1.29 is 13.6 Å². The van der Waals surface area contributed by atoms with Crippen LogP contribution in [0.15, 0.2) is 34.8 Å². The van der Waals surface area contributed by atoms with Gasteiger partial charge in [0.1, 0.15) is 5.82 Å². The van der Waals surface area contributed by atoms with E-state index in [2.05, 4.69) is 31.1 Å². The predicted octanol–water partition coefficient (Wildman–Crippen LogP) is 6.30. The van der Waals surface area contributed by atoms with Gasteiger partial charge in [0, 0.05) is 42.0 Å². The number of halogens is 3. The Hall–Kier alpha value is -2.02. The van der Waals surface area contributed by atoms with Gasteiger partial charge in [0.05, 0.1) is 11.3 Å². The summed E-state index contributed by atoms with van der Waals surface area (Å²) in [7, 11) is 0. The average molecular weight is 490 g/mol. The number of benzene rings is 1. The molecule has 0 atom stereocenters. The molecule has 1 aromatic carbocycles. The van der Waals surface area contributed by atoms with Crippen molar-refractivity contribution in [3.63, 3.8) is 0 Å². The van der Waals surface area contributed by atoms with Crippen LogP contribution in [0.1, 0.15) is 66.1 Å². The molecule has 1 aromatic heterocycles. The molecule has 3 aliphatic rings. The van der Waals surface area contributed by atoms with E-state index < -0.39 is 5.92 Å². The number of carbonyl (C=O) groups is 1. The molecule has 2 aliphatic carbocycles. The van der Waals surface area contributed by atoms with Crippen LogP contribution < -0.4 is 10.2 Å². The zero-order valence-corrected chi connectivity index (χ0v) is 19.1. The van der Waals surface area contributed by atoms with Crippen LogP contribution in [-0.2, 0) is 0 Å². The van der Waals surface area contributed by atoms with Gasteiger partial charge in [0.15, 0.2) is 0 Å². The van der Waals surface area contributed by atoms with Crippen LogP contribution in [0.4, 0.5) is 20.3 Å². The Bertz CT molecular complexity index is 1020. The molecule has 1 N–H and O–H groups in total. The summed E-state index contributed by atoms with van der Waals surface area (Å²) < 4.78 is 27.5. The van der Waals surface area contributed by atoms with Crippen molar-refractivity contribution in [2.75, 3.05) is 23.3 Å². The van der Waals surface area contributed by atoms with E-state index in [0.717, 1.165) is 28.8 Å². The molecular weight excluding hydrogens is 464 g/mol. The van der Waals surface area contributed by atoms with Crippen molar-refractivity contribution >= 4 is 33.3 Å².